The molecule has 0 atom stereocenters. The number of amides is 2. The van der Waals surface area contributed by atoms with E-state index in [0.717, 1.165) is 58.8 Å². The largest absolute Gasteiger partial charge is 0.378 e. The van der Waals surface area contributed by atoms with Crippen LogP contribution in [0, 0.1) is 0 Å². The molecule has 2 aliphatic heterocycles. The second-order valence-electron chi connectivity index (χ2n) is 5.56. The van der Waals surface area contributed by atoms with Gasteiger partial charge >= 0.3 is 6.03 Å². The van der Waals surface area contributed by atoms with Gasteiger partial charge in [0.25, 0.3) is 0 Å². The standard InChI is InChI=1S/C14H28N4O2/c15-4-2-1-3-5-16-6-8-17(9-7-16)14(19)18-10-12-20-13-11-18/h1-13,15H2. The van der Waals surface area contributed by atoms with Crippen molar-refractivity contribution in [3.8, 4) is 0 Å². The first-order valence-electron chi connectivity index (χ1n) is 7.85. The number of hydrogen-bond donors (Lipinski definition) is 1. The van der Waals surface area contributed by atoms with Crippen LogP contribution >= 0.6 is 0 Å². The number of nitrogens with two attached hydrogens (primary N) is 1. The molecule has 2 aliphatic rings. The molecule has 116 valence electrons. The van der Waals surface area contributed by atoms with E-state index in [2.05, 4.69) is 4.90 Å². The molecule has 0 radical (unpaired) electrons. The Morgan fingerprint density at radius 3 is 2.20 bits per heavy atom. The maximum absolute atomic E-state index is 12.3. The molecule has 0 bridgehead atoms. The number of ether oxygens (including phenoxy) is 1. The van der Waals surface area contributed by atoms with Crippen molar-refractivity contribution in [1.29, 1.82) is 0 Å². The third kappa shape index (κ3) is 4.61. The highest BCUT2D eigenvalue weighted by atomic mass is 16.5. The molecular weight excluding hydrogens is 256 g/mol. The van der Waals surface area contributed by atoms with Crippen LogP contribution < -0.4 is 5.73 Å². The van der Waals surface area contributed by atoms with Gasteiger partial charge in [-0.05, 0) is 25.9 Å². The van der Waals surface area contributed by atoms with Gasteiger partial charge in [0.1, 0.15) is 0 Å². The Morgan fingerprint density at radius 2 is 1.55 bits per heavy atom. The topological polar surface area (TPSA) is 62.0 Å². The summed E-state index contributed by atoms with van der Waals surface area (Å²) in [5.74, 6) is 0. The van der Waals surface area contributed by atoms with E-state index in [-0.39, 0.29) is 6.03 Å². The number of piperazine rings is 1. The van der Waals surface area contributed by atoms with Gasteiger partial charge in [-0.1, -0.05) is 6.42 Å². The maximum Gasteiger partial charge on any atom is 0.320 e. The summed E-state index contributed by atoms with van der Waals surface area (Å²) in [5.41, 5.74) is 5.50. The average molecular weight is 284 g/mol. The molecule has 2 rings (SSSR count). The molecule has 0 aromatic rings. The van der Waals surface area contributed by atoms with Gasteiger partial charge in [0.2, 0.25) is 0 Å². The van der Waals surface area contributed by atoms with Gasteiger partial charge in [-0.2, -0.15) is 0 Å². The Labute approximate surface area is 121 Å². The fraction of sp³-hybridized carbons (Fsp3) is 0.929. The molecule has 2 saturated heterocycles. The molecule has 6 nitrogen and oxygen atoms in total. The van der Waals surface area contributed by atoms with Gasteiger partial charge in [-0.15, -0.1) is 0 Å². The van der Waals surface area contributed by atoms with Gasteiger partial charge < -0.3 is 20.3 Å². The van der Waals surface area contributed by atoms with Crippen LogP contribution in [0.3, 0.4) is 0 Å². The quantitative estimate of drug-likeness (QED) is 0.732. The third-order valence-corrected chi connectivity index (χ3v) is 4.10. The summed E-state index contributed by atoms with van der Waals surface area (Å²) < 4.78 is 5.29. The highest BCUT2D eigenvalue weighted by Crippen LogP contribution is 2.09. The summed E-state index contributed by atoms with van der Waals surface area (Å²) in [7, 11) is 0. The molecule has 2 fully saturated rings. The van der Waals surface area contributed by atoms with Crippen molar-refractivity contribution in [3.63, 3.8) is 0 Å². The van der Waals surface area contributed by atoms with Crippen LogP contribution in [-0.4, -0.2) is 86.3 Å². The number of carbonyl (C=O) groups excluding carboxylic acids is 1. The van der Waals surface area contributed by atoms with Crippen LogP contribution in [-0.2, 0) is 4.74 Å². The van der Waals surface area contributed by atoms with E-state index in [4.69, 9.17) is 10.5 Å². The van der Waals surface area contributed by atoms with Crippen LogP contribution in [0.4, 0.5) is 4.79 Å². The van der Waals surface area contributed by atoms with E-state index >= 15 is 0 Å². The number of hydrogen-bond acceptors (Lipinski definition) is 4. The van der Waals surface area contributed by atoms with E-state index in [1.165, 1.54) is 12.8 Å². The predicted octanol–water partition coefficient (Wildman–Crippen LogP) is 0.185. The zero-order valence-electron chi connectivity index (χ0n) is 12.4. The smallest absolute Gasteiger partial charge is 0.320 e. The summed E-state index contributed by atoms with van der Waals surface area (Å²) in [5, 5.41) is 0. The average Bonchev–Trinajstić information content (AvgIpc) is 2.52. The van der Waals surface area contributed by atoms with Crippen molar-refractivity contribution < 1.29 is 9.53 Å². The first kappa shape index (κ1) is 15.5. The van der Waals surface area contributed by atoms with Crippen molar-refractivity contribution >= 4 is 6.03 Å². The first-order chi connectivity index (χ1) is 9.81. The predicted molar refractivity (Wildman–Crippen MR) is 78.7 cm³/mol. The lowest BCUT2D eigenvalue weighted by Gasteiger charge is -2.38. The van der Waals surface area contributed by atoms with Crippen molar-refractivity contribution in [2.75, 3.05) is 65.6 Å². The second-order valence-corrected chi connectivity index (χ2v) is 5.56. The fourth-order valence-electron chi connectivity index (χ4n) is 2.77. The molecule has 20 heavy (non-hydrogen) atoms. The van der Waals surface area contributed by atoms with Gasteiger partial charge in [-0.25, -0.2) is 4.79 Å². The molecule has 0 aromatic heterocycles. The zero-order valence-corrected chi connectivity index (χ0v) is 12.4. The number of unbranched alkanes of at least 4 members (excludes halogenated alkanes) is 2. The van der Waals surface area contributed by atoms with Gasteiger partial charge in [0, 0.05) is 39.3 Å². The van der Waals surface area contributed by atoms with Crippen molar-refractivity contribution in [3.05, 3.63) is 0 Å². The van der Waals surface area contributed by atoms with Crippen molar-refractivity contribution in [2.45, 2.75) is 19.3 Å². The van der Waals surface area contributed by atoms with Crippen LogP contribution in [0.5, 0.6) is 0 Å². The molecule has 2 amide bonds. The summed E-state index contributed by atoms with van der Waals surface area (Å²) in [6.45, 7) is 8.45. The summed E-state index contributed by atoms with van der Waals surface area (Å²) in [6.07, 6.45) is 3.55. The maximum atomic E-state index is 12.3. The van der Waals surface area contributed by atoms with Crippen LogP contribution in [0.25, 0.3) is 0 Å². The Hall–Kier alpha value is -0.850. The fourth-order valence-corrected chi connectivity index (χ4v) is 2.77. The summed E-state index contributed by atoms with van der Waals surface area (Å²) in [4.78, 5) is 18.7. The minimum atomic E-state index is 0.191. The van der Waals surface area contributed by atoms with Gasteiger partial charge in [-0.3, -0.25) is 4.90 Å². The van der Waals surface area contributed by atoms with Gasteiger partial charge in [0.05, 0.1) is 13.2 Å². The van der Waals surface area contributed by atoms with Gasteiger partial charge in [0.15, 0.2) is 0 Å². The van der Waals surface area contributed by atoms with Crippen LogP contribution in [0.2, 0.25) is 0 Å². The second kappa shape index (κ2) is 8.44. The lowest BCUT2D eigenvalue weighted by atomic mass is 10.2. The van der Waals surface area contributed by atoms with Crippen molar-refractivity contribution in [2.24, 2.45) is 5.73 Å². The Morgan fingerprint density at radius 1 is 0.900 bits per heavy atom. The zero-order chi connectivity index (χ0) is 14.2. The Bertz CT molecular complexity index is 287. The highest BCUT2D eigenvalue weighted by Gasteiger charge is 2.25. The van der Waals surface area contributed by atoms with E-state index < -0.39 is 0 Å². The van der Waals surface area contributed by atoms with E-state index in [1.807, 2.05) is 9.80 Å². The number of morpholine rings is 1. The minimum absolute atomic E-state index is 0.191. The molecule has 0 aliphatic carbocycles. The molecule has 0 spiro atoms. The van der Waals surface area contributed by atoms with E-state index in [0.29, 0.717) is 13.2 Å². The monoisotopic (exact) mass is 284 g/mol. The van der Waals surface area contributed by atoms with E-state index in [9.17, 15) is 4.79 Å². The van der Waals surface area contributed by atoms with Crippen molar-refractivity contribution in [1.82, 2.24) is 14.7 Å². The van der Waals surface area contributed by atoms with E-state index in [1.54, 1.807) is 0 Å². The first-order valence-corrected chi connectivity index (χ1v) is 7.85. The van der Waals surface area contributed by atoms with Crippen LogP contribution in [0.1, 0.15) is 19.3 Å². The molecular formula is C14H28N4O2. The Kier molecular flexibility index (Phi) is 6.56. The molecule has 2 N–H and O–H groups in total. The third-order valence-electron chi connectivity index (χ3n) is 4.10. The lowest BCUT2D eigenvalue weighted by Crippen LogP contribution is -2.54. The number of nitrogens with zero attached hydrogens (tertiary/aromatic N) is 3. The minimum Gasteiger partial charge on any atom is -0.378 e. The number of rotatable bonds is 5. The highest BCUT2D eigenvalue weighted by molar-refractivity contribution is 5.74. The lowest BCUT2D eigenvalue weighted by molar-refractivity contribution is 0.0376. The number of carbonyl (C=O) groups is 1. The molecule has 6 heteroatoms. The summed E-state index contributed by atoms with van der Waals surface area (Å²) >= 11 is 0. The molecule has 0 aromatic carbocycles. The molecule has 2 heterocycles. The molecule has 0 saturated carbocycles. The SMILES string of the molecule is NCCCCCN1CCN(C(=O)N2CCOCC2)CC1. The Balaban J connectivity index is 1.64. The normalized spacial score (nSPS) is 21.2. The van der Waals surface area contributed by atoms with Crippen LogP contribution in [0.15, 0.2) is 0 Å². The molecule has 0 unspecified atom stereocenters. The summed E-state index contributed by atoms with van der Waals surface area (Å²) in [6, 6.07) is 0.191. The number of urea groups is 1.